The molecule has 4 N–H and O–H groups in total. The second-order valence-corrected chi connectivity index (χ2v) is 6.13. The molecule has 0 aliphatic heterocycles. The predicted octanol–water partition coefficient (Wildman–Crippen LogP) is 3.34. The summed E-state index contributed by atoms with van der Waals surface area (Å²) in [5, 5.41) is 0. The van der Waals surface area contributed by atoms with Gasteiger partial charge in [-0.2, -0.15) is 0 Å². The van der Waals surface area contributed by atoms with E-state index in [1.54, 1.807) is 30.3 Å². The highest BCUT2D eigenvalue weighted by atomic mass is 16.1. The average molecular weight is 344 g/mol. The molecule has 0 unspecified atom stereocenters. The summed E-state index contributed by atoms with van der Waals surface area (Å²) in [6.45, 7) is 0. The molecule has 4 heteroatoms. The lowest BCUT2D eigenvalue weighted by Crippen LogP contribution is -2.15. The second-order valence-electron chi connectivity index (χ2n) is 6.13. The van der Waals surface area contributed by atoms with Crippen LogP contribution in [0.1, 0.15) is 31.8 Å². The average Bonchev–Trinajstić information content (AvgIpc) is 2.67. The Morgan fingerprint density at radius 2 is 1.46 bits per heavy atom. The number of benzene rings is 3. The number of rotatable bonds is 6. The number of carbonyl (C=O) groups excluding carboxylic acids is 2. The van der Waals surface area contributed by atoms with Crippen molar-refractivity contribution >= 4 is 11.8 Å². The molecule has 26 heavy (non-hydrogen) atoms. The first-order chi connectivity index (χ1) is 12.6. The van der Waals surface area contributed by atoms with Crippen molar-refractivity contribution in [1.82, 2.24) is 0 Å². The topological polar surface area (TPSA) is 86.2 Å². The van der Waals surface area contributed by atoms with E-state index in [9.17, 15) is 9.59 Å². The van der Waals surface area contributed by atoms with Crippen molar-refractivity contribution in [3.8, 4) is 11.1 Å². The zero-order valence-corrected chi connectivity index (χ0v) is 14.3. The number of hydrogen-bond acceptors (Lipinski definition) is 2. The molecule has 0 saturated carbocycles. The van der Waals surface area contributed by atoms with Gasteiger partial charge in [-0.3, -0.25) is 9.59 Å². The van der Waals surface area contributed by atoms with Gasteiger partial charge in [0.05, 0.1) is 0 Å². The zero-order valence-electron chi connectivity index (χ0n) is 14.3. The molecule has 0 radical (unpaired) electrons. The Morgan fingerprint density at radius 1 is 0.731 bits per heavy atom. The number of carbonyl (C=O) groups is 2. The summed E-state index contributed by atoms with van der Waals surface area (Å²) in [4.78, 5) is 23.4. The van der Waals surface area contributed by atoms with E-state index in [0.29, 0.717) is 17.5 Å². The van der Waals surface area contributed by atoms with E-state index in [0.717, 1.165) is 23.1 Å². The van der Waals surface area contributed by atoms with E-state index < -0.39 is 11.8 Å². The van der Waals surface area contributed by atoms with Crippen molar-refractivity contribution in [3.63, 3.8) is 0 Å². The summed E-state index contributed by atoms with van der Waals surface area (Å²) < 4.78 is 0. The fourth-order valence-electron chi connectivity index (χ4n) is 3.11. The van der Waals surface area contributed by atoms with E-state index in [2.05, 4.69) is 12.1 Å². The molecule has 0 aliphatic rings. The van der Waals surface area contributed by atoms with Crippen LogP contribution >= 0.6 is 0 Å². The first kappa shape index (κ1) is 17.4. The summed E-state index contributed by atoms with van der Waals surface area (Å²) in [6, 6.07) is 22.7. The normalized spacial score (nSPS) is 10.5. The van der Waals surface area contributed by atoms with Gasteiger partial charge in [-0.25, -0.2) is 0 Å². The zero-order chi connectivity index (χ0) is 18.5. The Labute approximate surface area is 152 Å². The molecule has 0 aliphatic carbocycles. The molecule has 0 atom stereocenters. The summed E-state index contributed by atoms with van der Waals surface area (Å²) in [5.41, 5.74) is 15.7. The maximum absolute atomic E-state index is 11.9. The summed E-state index contributed by atoms with van der Waals surface area (Å²) in [6.07, 6.45) is 1.45. The first-order valence-corrected chi connectivity index (χ1v) is 8.42. The largest absolute Gasteiger partial charge is 0.366 e. The molecule has 3 aromatic rings. The van der Waals surface area contributed by atoms with Crippen LogP contribution in [0.3, 0.4) is 0 Å². The minimum Gasteiger partial charge on any atom is -0.366 e. The maximum Gasteiger partial charge on any atom is 0.248 e. The molecule has 0 spiro atoms. The molecule has 2 amide bonds. The monoisotopic (exact) mass is 344 g/mol. The van der Waals surface area contributed by atoms with Gasteiger partial charge in [-0.15, -0.1) is 0 Å². The van der Waals surface area contributed by atoms with Crippen LogP contribution in [-0.2, 0) is 12.8 Å². The lowest BCUT2D eigenvalue weighted by molar-refractivity contribution is 0.0991. The van der Waals surface area contributed by atoms with Gasteiger partial charge < -0.3 is 11.5 Å². The van der Waals surface area contributed by atoms with E-state index in [1.165, 1.54) is 5.56 Å². The van der Waals surface area contributed by atoms with Crippen molar-refractivity contribution in [2.45, 2.75) is 12.8 Å². The van der Waals surface area contributed by atoms with Crippen molar-refractivity contribution in [2.75, 3.05) is 0 Å². The van der Waals surface area contributed by atoms with Gasteiger partial charge in [0.15, 0.2) is 0 Å². The quantitative estimate of drug-likeness (QED) is 0.718. The van der Waals surface area contributed by atoms with Crippen molar-refractivity contribution in [1.29, 1.82) is 0 Å². The van der Waals surface area contributed by atoms with E-state index in [-0.39, 0.29) is 0 Å². The third kappa shape index (κ3) is 3.81. The first-order valence-electron chi connectivity index (χ1n) is 8.42. The fourth-order valence-corrected chi connectivity index (χ4v) is 3.11. The van der Waals surface area contributed by atoms with Crippen LogP contribution in [0.4, 0.5) is 0 Å². The Kier molecular flexibility index (Phi) is 5.13. The van der Waals surface area contributed by atoms with Crippen molar-refractivity contribution in [3.05, 3.63) is 95.1 Å². The minimum atomic E-state index is -0.483. The fraction of sp³-hybridized carbons (Fsp3) is 0.0909. The molecule has 3 rings (SSSR count). The molecule has 0 bridgehead atoms. The smallest absolute Gasteiger partial charge is 0.248 e. The van der Waals surface area contributed by atoms with Crippen LogP contribution in [0.15, 0.2) is 72.8 Å². The SMILES string of the molecule is NC(=O)c1cccc(-c2cccc(C(N)=O)c2CCc2ccccc2)c1. The molecule has 0 heterocycles. The van der Waals surface area contributed by atoms with Crippen molar-refractivity contribution < 1.29 is 9.59 Å². The Balaban J connectivity index is 2.04. The van der Waals surface area contributed by atoms with Gasteiger partial charge >= 0.3 is 0 Å². The molecule has 0 fully saturated rings. The molecular weight excluding hydrogens is 324 g/mol. The van der Waals surface area contributed by atoms with Gasteiger partial charge in [0.1, 0.15) is 0 Å². The van der Waals surface area contributed by atoms with Crippen LogP contribution in [0.25, 0.3) is 11.1 Å². The molecule has 4 nitrogen and oxygen atoms in total. The van der Waals surface area contributed by atoms with Crippen molar-refractivity contribution in [2.24, 2.45) is 11.5 Å². The minimum absolute atomic E-state index is 0.431. The molecule has 130 valence electrons. The van der Waals surface area contributed by atoms with Crippen LogP contribution in [-0.4, -0.2) is 11.8 Å². The van der Waals surface area contributed by atoms with E-state index >= 15 is 0 Å². The molecule has 0 saturated heterocycles. The van der Waals surface area contributed by atoms with E-state index in [1.807, 2.05) is 30.3 Å². The van der Waals surface area contributed by atoms with Gasteiger partial charge in [0, 0.05) is 11.1 Å². The highest BCUT2D eigenvalue weighted by Crippen LogP contribution is 2.28. The third-order valence-corrected chi connectivity index (χ3v) is 4.41. The number of nitrogens with two attached hydrogens (primary N) is 2. The number of aryl methyl sites for hydroxylation is 1. The van der Waals surface area contributed by atoms with Crippen LogP contribution < -0.4 is 11.5 Å². The number of hydrogen-bond donors (Lipinski definition) is 2. The summed E-state index contributed by atoms with van der Waals surface area (Å²) in [5.74, 6) is -0.940. The maximum atomic E-state index is 11.9. The lowest BCUT2D eigenvalue weighted by Gasteiger charge is -2.14. The van der Waals surface area contributed by atoms with Crippen LogP contribution in [0, 0.1) is 0 Å². The molecule has 0 aromatic heterocycles. The standard InChI is InChI=1S/C22H20N2O2/c23-21(25)17-9-4-8-16(14-17)18-10-5-11-20(22(24)26)19(18)13-12-15-6-2-1-3-7-15/h1-11,14H,12-13H2,(H2,23,25)(H2,24,26). The molecule has 3 aromatic carbocycles. The van der Waals surface area contributed by atoms with Gasteiger partial charge in [-0.05, 0) is 53.3 Å². The van der Waals surface area contributed by atoms with Gasteiger partial charge in [0.25, 0.3) is 0 Å². The number of primary amides is 2. The Bertz CT molecular complexity index is 949. The highest BCUT2D eigenvalue weighted by Gasteiger charge is 2.15. The lowest BCUT2D eigenvalue weighted by atomic mass is 9.90. The Morgan fingerprint density at radius 3 is 2.15 bits per heavy atom. The van der Waals surface area contributed by atoms with E-state index in [4.69, 9.17) is 11.5 Å². The summed E-state index contributed by atoms with van der Waals surface area (Å²) >= 11 is 0. The highest BCUT2D eigenvalue weighted by molar-refractivity contribution is 5.97. The summed E-state index contributed by atoms with van der Waals surface area (Å²) in [7, 11) is 0. The van der Waals surface area contributed by atoms with Crippen LogP contribution in [0.5, 0.6) is 0 Å². The second kappa shape index (κ2) is 7.66. The Hall–Kier alpha value is -3.40. The molecular formula is C22H20N2O2. The van der Waals surface area contributed by atoms with Gasteiger partial charge in [0.2, 0.25) is 11.8 Å². The number of amides is 2. The van der Waals surface area contributed by atoms with Gasteiger partial charge in [-0.1, -0.05) is 54.6 Å². The van der Waals surface area contributed by atoms with Crippen LogP contribution in [0.2, 0.25) is 0 Å². The predicted molar refractivity (Wildman–Crippen MR) is 103 cm³/mol. The third-order valence-electron chi connectivity index (χ3n) is 4.41.